The highest BCUT2D eigenvalue weighted by molar-refractivity contribution is 5.88. The van der Waals surface area contributed by atoms with Crippen LogP contribution in [0.15, 0.2) is 69.9 Å². The number of hydrogen-bond donors (Lipinski definition) is 12. The summed E-state index contributed by atoms with van der Waals surface area (Å²) in [5.41, 5.74) is -0.727. The zero-order valence-electron chi connectivity index (χ0n) is 36.5. The molecule has 0 radical (unpaired) electrons. The van der Waals surface area contributed by atoms with Gasteiger partial charge in [-0.3, -0.25) is 4.79 Å². The molecule has 3 aliphatic rings. The topological polar surface area (TPSA) is 424 Å². The van der Waals surface area contributed by atoms with E-state index in [1.807, 2.05) is 0 Å². The number of esters is 1. The number of benzene rings is 3. The van der Waals surface area contributed by atoms with Gasteiger partial charge in [-0.25, -0.2) is 19.2 Å². The van der Waals surface area contributed by atoms with E-state index in [0.717, 1.165) is 30.4 Å². The number of phenols is 3. The van der Waals surface area contributed by atoms with Crippen LogP contribution >= 0.6 is 0 Å². The lowest BCUT2D eigenvalue weighted by atomic mass is 9.95. The summed E-state index contributed by atoms with van der Waals surface area (Å²) in [6.07, 6.45) is -33.7. The Balaban J connectivity index is 1.28. The minimum atomic E-state index is -2.50. The summed E-state index contributed by atoms with van der Waals surface area (Å²) in [5.74, 6) is -9.07. The van der Waals surface area contributed by atoms with Crippen LogP contribution in [0.3, 0.4) is 0 Å². The zero-order valence-corrected chi connectivity index (χ0v) is 36.5. The fourth-order valence-corrected chi connectivity index (χ4v) is 7.73. The van der Waals surface area contributed by atoms with Crippen LogP contribution in [-0.2, 0) is 47.6 Å². The number of carbonyl (C=O) groups is 4. The lowest BCUT2D eigenvalue weighted by molar-refractivity contribution is -0.373. The molecule has 3 aromatic carbocycles. The molecule has 27 heteroatoms. The lowest BCUT2D eigenvalue weighted by Crippen LogP contribution is -2.68. The summed E-state index contributed by atoms with van der Waals surface area (Å²) < 4.78 is 55.3. The molecule has 7 rings (SSSR count). The third-order valence-electron chi connectivity index (χ3n) is 11.3. The molecule has 3 saturated heterocycles. The highest BCUT2D eigenvalue weighted by atomic mass is 16.8. The van der Waals surface area contributed by atoms with E-state index in [-0.39, 0.29) is 45.5 Å². The van der Waals surface area contributed by atoms with Crippen LogP contribution in [0.4, 0.5) is 0 Å². The summed E-state index contributed by atoms with van der Waals surface area (Å²) in [5, 5.41) is 126. The van der Waals surface area contributed by atoms with E-state index in [1.54, 1.807) is 0 Å². The van der Waals surface area contributed by atoms with E-state index >= 15 is 0 Å². The van der Waals surface area contributed by atoms with Gasteiger partial charge in [0.15, 0.2) is 71.5 Å². The maximum absolute atomic E-state index is 13.6. The first-order valence-electron chi connectivity index (χ1n) is 20.8. The van der Waals surface area contributed by atoms with Crippen LogP contribution in [0.5, 0.6) is 34.5 Å². The van der Waals surface area contributed by atoms with Gasteiger partial charge in [0.05, 0.1) is 14.2 Å². The van der Waals surface area contributed by atoms with Crippen molar-refractivity contribution in [2.75, 3.05) is 14.2 Å². The molecule has 3 fully saturated rings. The van der Waals surface area contributed by atoms with Crippen LogP contribution in [0.25, 0.3) is 28.4 Å². The number of aliphatic carboxylic acids is 3. The summed E-state index contributed by atoms with van der Waals surface area (Å²) in [7, 11) is 2.51. The van der Waals surface area contributed by atoms with Gasteiger partial charge in [-0.1, -0.05) is 6.07 Å². The van der Waals surface area contributed by atoms with Crippen LogP contribution < -0.4 is 19.6 Å². The number of aromatic hydroxyl groups is 3. The normalized spacial score (nSPS) is 30.9. The Morgan fingerprint density at radius 2 is 1.14 bits per heavy atom. The molecule has 27 nitrogen and oxygen atoms in total. The molecular formula is C44H44O27. The van der Waals surface area contributed by atoms with Gasteiger partial charge < -0.3 is 108 Å². The summed E-state index contributed by atoms with van der Waals surface area (Å²) >= 11 is 0. The number of hydrogen-bond acceptors (Lipinski definition) is 24. The van der Waals surface area contributed by atoms with Crippen LogP contribution in [0, 0.1) is 0 Å². The smallest absolute Gasteiger partial charge is 0.335 e. The van der Waals surface area contributed by atoms with Gasteiger partial charge in [-0.05, 0) is 42.0 Å². The van der Waals surface area contributed by atoms with E-state index < -0.39 is 138 Å². The number of ether oxygens (including phenoxy) is 9. The molecule has 0 amide bonds. The van der Waals surface area contributed by atoms with Crippen molar-refractivity contribution < 1.29 is 128 Å². The van der Waals surface area contributed by atoms with E-state index in [2.05, 4.69) is 0 Å². The zero-order chi connectivity index (χ0) is 51.7. The van der Waals surface area contributed by atoms with Crippen molar-refractivity contribution >= 4 is 40.9 Å². The van der Waals surface area contributed by atoms with Crippen molar-refractivity contribution in [2.24, 2.45) is 0 Å². The number of aliphatic hydroxyl groups is 6. The minimum Gasteiger partial charge on any atom is -0.507 e. The van der Waals surface area contributed by atoms with Crippen LogP contribution in [0.2, 0.25) is 0 Å². The Labute approximate surface area is 396 Å². The summed E-state index contributed by atoms with van der Waals surface area (Å²) in [6.45, 7) is 0. The average molecular weight is 1000 g/mol. The second kappa shape index (κ2) is 21.1. The number of rotatable bonds is 15. The van der Waals surface area contributed by atoms with Gasteiger partial charge in [0.2, 0.25) is 6.29 Å². The standard InChI is InChI=1S/C44H44O27/c1-62-22-9-14(3-6-17(22)45)4-8-25(49)66-38-33(67-42-31(54)27(50)28(51)34(68-42)39(56)57)32(55)36(41(60)61)70-44(38)71-37-30(53)29(52)35(40(58)59)69-43(37)64-16-11-19(47)26-20(48)13-21(65-24(26)12-16)15-5-7-18(46)23(10-15)63-2/h3-13,27-38,42-47,50-55H,1-2H3,(H,56,57)(H,58,59)(H,60,61)/b8-4+/t27-,28-,29-,30-,31+,32-,33-,34-,35-,36-,37+,38+,42+,43+,44-/m0/s1. The molecule has 0 bridgehead atoms. The molecular weight excluding hydrogens is 960 g/mol. The second-order valence-corrected chi connectivity index (χ2v) is 15.9. The van der Waals surface area contributed by atoms with Gasteiger partial charge in [0, 0.05) is 29.8 Å². The highest BCUT2D eigenvalue weighted by Crippen LogP contribution is 2.38. The Morgan fingerprint density at radius 3 is 1.77 bits per heavy atom. The Hall–Kier alpha value is -7.15. The van der Waals surface area contributed by atoms with Crippen molar-refractivity contribution in [2.45, 2.75) is 92.1 Å². The van der Waals surface area contributed by atoms with Gasteiger partial charge >= 0.3 is 23.9 Å². The number of methoxy groups -OCH3 is 2. The maximum atomic E-state index is 13.6. The van der Waals surface area contributed by atoms with Gasteiger partial charge in [-0.15, -0.1) is 0 Å². The average Bonchev–Trinajstić information content (AvgIpc) is 3.32. The minimum absolute atomic E-state index is 0.00243. The third kappa shape index (κ3) is 10.6. The van der Waals surface area contributed by atoms with Gasteiger partial charge in [0.1, 0.15) is 71.0 Å². The lowest BCUT2D eigenvalue weighted by Gasteiger charge is -2.47. The first kappa shape index (κ1) is 51.7. The summed E-state index contributed by atoms with van der Waals surface area (Å²) in [6, 6.07) is 10.6. The van der Waals surface area contributed by atoms with E-state index in [0.29, 0.717) is 0 Å². The molecule has 4 aromatic rings. The fourth-order valence-electron chi connectivity index (χ4n) is 7.73. The molecule has 4 heterocycles. The Morgan fingerprint density at radius 1 is 0.577 bits per heavy atom. The van der Waals surface area contributed by atoms with Crippen molar-refractivity contribution in [1.82, 2.24) is 0 Å². The quantitative estimate of drug-likeness (QED) is 0.0451. The van der Waals surface area contributed by atoms with E-state index in [4.69, 9.17) is 47.0 Å². The SMILES string of the molecule is COc1cc(/C=C/C(=O)O[C@H]2[C@H](O[C@H]3[C@H](Oc4cc(O)c5c(=O)cc(-c6ccc(O)c(OC)c6)oc5c4)O[C@H](C(=O)O)[C@@H](O)[C@@H]3O)O[C@H](C(=O)O)[C@@H](O)[C@@H]2O[C@@H]2O[C@H](C(=O)O)[C@@H](O)[C@H](O)[C@H]2O)ccc1O. The predicted octanol–water partition coefficient (Wildman–Crippen LogP) is -2.04. The molecule has 0 unspecified atom stereocenters. The Bertz CT molecular complexity index is 2740. The molecule has 3 aliphatic heterocycles. The van der Waals surface area contributed by atoms with Crippen molar-refractivity contribution in [3.05, 3.63) is 76.5 Å². The first-order valence-corrected chi connectivity index (χ1v) is 20.8. The number of aliphatic hydroxyl groups excluding tert-OH is 6. The van der Waals surface area contributed by atoms with Crippen molar-refractivity contribution in [3.8, 4) is 45.8 Å². The van der Waals surface area contributed by atoms with E-state index in [9.17, 15) is 85.3 Å². The number of carboxylic acid groups (broad SMARTS) is 3. The van der Waals surface area contributed by atoms with Crippen LogP contribution in [0.1, 0.15) is 5.56 Å². The van der Waals surface area contributed by atoms with Crippen LogP contribution in [-0.4, -0.2) is 191 Å². The Kier molecular flexibility index (Phi) is 15.3. The van der Waals surface area contributed by atoms with Gasteiger partial charge in [0.25, 0.3) is 0 Å². The third-order valence-corrected chi connectivity index (χ3v) is 11.3. The first-order chi connectivity index (χ1) is 33.6. The number of phenolic OH excluding ortho intramolecular Hbond substituents is 3. The van der Waals surface area contributed by atoms with Crippen molar-refractivity contribution in [1.29, 1.82) is 0 Å². The van der Waals surface area contributed by atoms with Gasteiger partial charge in [-0.2, -0.15) is 0 Å². The largest absolute Gasteiger partial charge is 0.507 e. The highest BCUT2D eigenvalue weighted by Gasteiger charge is 2.58. The van der Waals surface area contributed by atoms with E-state index in [1.165, 1.54) is 50.6 Å². The summed E-state index contributed by atoms with van der Waals surface area (Å²) in [4.78, 5) is 63.7. The number of fused-ring (bicyclic) bond motifs is 1. The molecule has 0 aliphatic carbocycles. The number of carbonyl (C=O) groups excluding carboxylic acids is 1. The molecule has 0 saturated carbocycles. The molecule has 15 atom stereocenters. The molecule has 12 N–H and O–H groups in total. The maximum Gasteiger partial charge on any atom is 0.335 e. The predicted molar refractivity (Wildman–Crippen MR) is 227 cm³/mol. The molecule has 0 spiro atoms. The number of carboxylic acids is 3. The molecule has 382 valence electrons. The fraction of sp³-hybridized carbons (Fsp3) is 0.386. The molecule has 1 aromatic heterocycles. The molecule has 71 heavy (non-hydrogen) atoms. The second-order valence-electron chi connectivity index (χ2n) is 15.9. The monoisotopic (exact) mass is 1000 g/mol. The van der Waals surface area contributed by atoms with Crippen molar-refractivity contribution in [3.63, 3.8) is 0 Å².